The molecule has 28 heavy (non-hydrogen) atoms. The summed E-state index contributed by atoms with van der Waals surface area (Å²) >= 11 is 0. The smallest absolute Gasteiger partial charge is 0.311 e. The summed E-state index contributed by atoms with van der Waals surface area (Å²) in [6, 6.07) is -0.339. The number of amides is 2. The molecule has 2 amide bonds. The first kappa shape index (κ1) is 19.0. The number of aromatic nitrogens is 2. The molecule has 8 heteroatoms. The monoisotopic (exact) mass is 388 g/mol. The van der Waals surface area contributed by atoms with Crippen LogP contribution in [0, 0.1) is 17.3 Å². The molecule has 0 bridgehead atoms. The van der Waals surface area contributed by atoms with E-state index in [1.807, 2.05) is 20.2 Å². The minimum atomic E-state index is -0.783. The number of aliphatic carboxylic acids is 1. The molecule has 3 aliphatic rings. The summed E-state index contributed by atoms with van der Waals surface area (Å²) in [5, 5.41) is 14.1. The summed E-state index contributed by atoms with van der Waals surface area (Å²) in [5.41, 5.74) is 0.0806. The van der Waals surface area contributed by atoms with Gasteiger partial charge in [-0.2, -0.15) is 5.10 Å². The van der Waals surface area contributed by atoms with E-state index in [2.05, 4.69) is 5.10 Å². The Morgan fingerprint density at radius 1 is 1.36 bits per heavy atom. The molecule has 4 atom stereocenters. The van der Waals surface area contributed by atoms with Crippen LogP contribution in [0.4, 0.5) is 0 Å². The molecular weight excluding hydrogens is 360 g/mol. The maximum atomic E-state index is 13.5. The number of carboxylic acids is 1. The van der Waals surface area contributed by atoms with Crippen molar-refractivity contribution in [1.29, 1.82) is 0 Å². The van der Waals surface area contributed by atoms with E-state index in [0.717, 1.165) is 18.4 Å². The molecule has 2 aliphatic heterocycles. The lowest BCUT2D eigenvalue weighted by atomic mass is 9.81. The zero-order chi connectivity index (χ0) is 20.1. The fraction of sp³-hybridized carbons (Fsp3) is 0.700. The molecule has 1 aliphatic carbocycles. The van der Waals surface area contributed by atoms with Crippen LogP contribution in [0.3, 0.4) is 0 Å². The van der Waals surface area contributed by atoms with Crippen molar-refractivity contribution in [1.82, 2.24) is 19.6 Å². The second-order valence-corrected chi connectivity index (χ2v) is 8.49. The second kappa shape index (κ2) is 6.90. The highest BCUT2D eigenvalue weighted by Gasteiger charge is 2.57. The van der Waals surface area contributed by atoms with Crippen molar-refractivity contribution >= 4 is 17.8 Å². The van der Waals surface area contributed by atoms with Gasteiger partial charge in [0.05, 0.1) is 23.6 Å². The van der Waals surface area contributed by atoms with Crippen molar-refractivity contribution in [2.45, 2.75) is 45.1 Å². The van der Waals surface area contributed by atoms with E-state index < -0.39 is 11.4 Å². The van der Waals surface area contributed by atoms with E-state index in [4.69, 9.17) is 0 Å². The summed E-state index contributed by atoms with van der Waals surface area (Å²) in [4.78, 5) is 41.5. The van der Waals surface area contributed by atoms with Crippen LogP contribution in [0.5, 0.6) is 0 Å². The van der Waals surface area contributed by atoms with Gasteiger partial charge in [-0.15, -0.1) is 0 Å². The highest BCUT2D eigenvalue weighted by atomic mass is 16.4. The van der Waals surface area contributed by atoms with Gasteiger partial charge < -0.3 is 14.9 Å². The Balaban J connectivity index is 1.62. The normalized spacial score (nSPS) is 32.6. The van der Waals surface area contributed by atoms with E-state index in [1.165, 1.54) is 0 Å². The molecule has 1 saturated carbocycles. The molecule has 152 valence electrons. The lowest BCUT2D eigenvalue weighted by Gasteiger charge is -2.41. The molecule has 4 rings (SSSR count). The number of aryl methyl sites for hydroxylation is 1. The van der Waals surface area contributed by atoms with Crippen LogP contribution in [0.25, 0.3) is 0 Å². The lowest BCUT2D eigenvalue weighted by Crippen LogP contribution is -2.49. The maximum absolute atomic E-state index is 13.5. The summed E-state index contributed by atoms with van der Waals surface area (Å²) in [6.07, 6.45) is 6.86. The van der Waals surface area contributed by atoms with Crippen LogP contribution in [-0.2, 0) is 21.4 Å². The largest absolute Gasteiger partial charge is 0.481 e. The van der Waals surface area contributed by atoms with Gasteiger partial charge in [0.15, 0.2) is 0 Å². The molecule has 1 N–H and O–H groups in total. The second-order valence-electron chi connectivity index (χ2n) is 8.49. The zero-order valence-corrected chi connectivity index (χ0v) is 16.5. The van der Waals surface area contributed by atoms with Gasteiger partial charge in [0.1, 0.15) is 0 Å². The first-order chi connectivity index (χ1) is 13.4. The average Bonchev–Trinajstić information content (AvgIpc) is 3.34. The third-order valence-electron chi connectivity index (χ3n) is 7.04. The molecule has 0 aromatic carbocycles. The van der Waals surface area contributed by atoms with Gasteiger partial charge in [0.2, 0.25) is 11.8 Å². The zero-order valence-electron chi connectivity index (χ0n) is 16.5. The number of rotatable bonds is 4. The predicted molar refractivity (Wildman–Crippen MR) is 100 cm³/mol. The summed E-state index contributed by atoms with van der Waals surface area (Å²) in [5.74, 6) is -1.05. The fourth-order valence-corrected chi connectivity index (χ4v) is 5.63. The number of carbonyl (C=O) groups is 3. The number of carbonyl (C=O) groups excluding carboxylic acids is 2. The van der Waals surface area contributed by atoms with Crippen LogP contribution < -0.4 is 0 Å². The molecule has 8 nitrogen and oxygen atoms in total. The van der Waals surface area contributed by atoms with E-state index in [9.17, 15) is 19.5 Å². The van der Waals surface area contributed by atoms with E-state index in [-0.39, 0.29) is 29.7 Å². The van der Waals surface area contributed by atoms with Crippen LogP contribution in [0.2, 0.25) is 0 Å². The van der Waals surface area contributed by atoms with Gasteiger partial charge in [0.25, 0.3) is 0 Å². The average molecular weight is 388 g/mol. The maximum Gasteiger partial charge on any atom is 0.311 e. The van der Waals surface area contributed by atoms with Gasteiger partial charge >= 0.3 is 5.97 Å². The number of nitrogens with zero attached hydrogens (tertiary/aromatic N) is 4. The Morgan fingerprint density at radius 3 is 2.75 bits per heavy atom. The first-order valence-electron chi connectivity index (χ1n) is 10.2. The molecule has 2 unspecified atom stereocenters. The molecule has 3 heterocycles. The van der Waals surface area contributed by atoms with Gasteiger partial charge in [-0.25, -0.2) is 0 Å². The number of piperidine rings is 1. The highest BCUT2D eigenvalue weighted by molar-refractivity contribution is 5.86. The molecule has 0 spiro atoms. The number of hydrogen-bond acceptors (Lipinski definition) is 4. The molecule has 1 aromatic rings. The van der Waals surface area contributed by atoms with Crippen molar-refractivity contribution in [2.75, 3.05) is 19.6 Å². The van der Waals surface area contributed by atoms with Crippen LogP contribution in [0.15, 0.2) is 12.4 Å². The summed E-state index contributed by atoms with van der Waals surface area (Å²) < 4.78 is 1.68. The predicted octanol–water partition coefficient (Wildman–Crippen LogP) is 1.43. The van der Waals surface area contributed by atoms with Gasteiger partial charge in [-0.1, -0.05) is 6.42 Å². The van der Waals surface area contributed by atoms with Crippen LogP contribution >= 0.6 is 0 Å². The molecule has 0 radical (unpaired) electrons. The quantitative estimate of drug-likeness (QED) is 0.842. The lowest BCUT2D eigenvalue weighted by molar-refractivity contribution is -0.150. The fourth-order valence-electron chi connectivity index (χ4n) is 5.63. The van der Waals surface area contributed by atoms with E-state index in [0.29, 0.717) is 38.9 Å². The Bertz CT molecular complexity index is 806. The SMILES string of the molecule is CCN1C(=O)CCC(C(=O)N2C[C@@H]3CCC[C@@]3(C(=O)O)C2)C1c1cnn(C)c1. The minimum absolute atomic E-state index is 0.0187. The van der Waals surface area contributed by atoms with Gasteiger partial charge in [-0.3, -0.25) is 19.1 Å². The third kappa shape index (κ3) is 2.81. The van der Waals surface area contributed by atoms with E-state index >= 15 is 0 Å². The number of hydrogen-bond donors (Lipinski definition) is 1. The Morgan fingerprint density at radius 2 is 2.14 bits per heavy atom. The minimum Gasteiger partial charge on any atom is -0.481 e. The topological polar surface area (TPSA) is 95.7 Å². The summed E-state index contributed by atoms with van der Waals surface area (Å²) in [7, 11) is 1.82. The molecular formula is C20H28N4O4. The standard InChI is InChI=1S/C20H28N4O4/c1-3-24-16(25)7-6-15(17(24)13-9-21-22(2)10-13)18(26)23-11-14-5-4-8-20(14,12-23)19(27)28/h9-10,14-15,17H,3-8,11-12H2,1-2H3,(H,27,28)/t14-,15?,17?,20+/m0/s1. The van der Waals surface area contributed by atoms with Crippen molar-refractivity contribution < 1.29 is 19.5 Å². The number of fused-ring (bicyclic) bond motifs is 1. The summed E-state index contributed by atoms with van der Waals surface area (Å²) in [6.45, 7) is 3.27. The molecule has 2 saturated heterocycles. The van der Waals surface area contributed by atoms with Crippen LogP contribution in [0.1, 0.15) is 50.6 Å². The van der Waals surface area contributed by atoms with Crippen molar-refractivity contribution in [3.05, 3.63) is 18.0 Å². The number of carboxylic acid groups (broad SMARTS) is 1. The molecule has 3 fully saturated rings. The van der Waals surface area contributed by atoms with Crippen molar-refractivity contribution in [3.8, 4) is 0 Å². The first-order valence-corrected chi connectivity index (χ1v) is 10.2. The van der Waals surface area contributed by atoms with E-state index in [1.54, 1.807) is 20.7 Å². The molecule has 1 aromatic heterocycles. The Labute approximate surface area is 164 Å². The Kier molecular flexibility index (Phi) is 4.67. The number of likely N-dealkylation sites (tertiary alicyclic amines) is 2. The third-order valence-corrected chi connectivity index (χ3v) is 7.04. The van der Waals surface area contributed by atoms with Gasteiger partial charge in [0, 0.05) is 44.9 Å². The van der Waals surface area contributed by atoms with Crippen LogP contribution in [-0.4, -0.2) is 62.1 Å². The van der Waals surface area contributed by atoms with Gasteiger partial charge in [-0.05, 0) is 32.1 Å². The Hall–Kier alpha value is -2.38. The van der Waals surface area contributed by atoms with Crippen molar-refractivity contribution in [3.63, 3.8) is 0 Å². The highest BCUT2D eigenvalue weighted by Crippen LogP contribution is 2.50. The van der Waals surface area contributed by atoms with Crippen molar-refractivity contribution in [2.24, 2.45) is 24.3 Å².